The SMILES string of the molecule is COc1ccc(-c2cc(=O)n(CC(=O)Nc3ccc(Br)c(C)c3)cn2)cc1. The van der Waals surface area contributed by atoms with Crippen LogP contribution < -0.4 is 15.6 Å². The van der Waals surface area contributed by atoms with E-state index >= 15 is 0 Å². The van der Waals surface area contributed by atoms with Gasteiger partial charge in [0, 0.05) is 21.8 Å². The number of carbonyl (C=O) groups excluding carboxylic acids is 1. The van der Waals surface area contributed by atoms with E-state index in [-0.39, 0.29) is 18.0 Å². The molecule has 0 aliphatic rings. The van der Waals surface area contributed by atoms with Crippen LogP contribution in [0.1, 0.15) is 5.56 Å². The Labute approximate surface area is 165 Å². The number of hydrogen-bond donors (Lipinski definition) is 1. The Hall–Kier alpha value is -2.93. The van der Waals surface area contributed by atoms with Crippen molar-refractivity contribution < 1.29 is 9.53 Å². The van der Waals surface area contributed by atoms with Gasteiger partial charge in [-0.1, -0.05) is 15.9 Å². The first kappa shape index (κ1) is 18.8. The maximum atomic E-state index is 12.3. The zero-order valence-corrected chi connectivity index (χ0v) is 16.5. The number of aryl methyl sites for hydroxylation is 1. The molecule has 0 fully saturated rings. The van der Waals surface area contributed by atoms with E-state index in [0.717, 1.165) is 21.3 Å². The van der Waals surface area contributed by atoms with Crippen LogP contribution in [-0.4, -0.2) is 22.6 Å². The van der Waals surface area contributed by atoms with E-state index in [1.54, 1.807) is 25.3 Å². The van der Waals surface area contributed by atoms with Gasteiger partial charge in [-0.25, -0.2) is 4.98 Å². The molecule has 0 aliphatic carbocycles. The number of rotatable bonds is 5. The lowest BCUT2D eigenvalue weighted by Crippen LogP contribution is -2.27. The number of anilines is 1. The lowest BCUT2D eigenvalue weighted by molar-refractivity contribution is -0.116. The molecule has 0 unspecified atom stereocenters. The average Bonchev–Trinajstić information content (AvgIpc) is 2.66. The van der Waals surface area contributed by atoms with Crippen LogP contribution in [0.4, 0.5) is 5.69 Å². The number of amides is 1. The van der Waals surface area contributed by atoms with E-state index in [1.807, 2.05) is 31.2 Å². The van der Waals surface area contributed by atoms with Crippen molar-refractivity contribution in [3.63, 3.8) is 0 Å². The molecule has 3 rings (SSSR count). The minimum absolute atomic E-state index is 0.107. The van der Waals surface area contributed by atoms with Gasteiger partial charge in [0.05, 0.1) is 19.1 Å². The van der Waals surface area contributed by atoms with E-state index in [2.05, 4.69) is 26.2 Å². The second kappa shape index (κ2) is 8.18. The highest BCUT2D eigenvalue weighted by atomic mass is 79.9. The largest absolute Gasteiger partial charge is 0.497 e. The first-order chi connectivity index (χ1) is 13.0. The van der Waals surface area contributed by atoms with Crippen LogP contribution in [0, 0.1) is 6.92 Å². The second-order valence-corrected chi connectivity index (χ2v) is 6.84. The Morgan fingerprint density at radius 2 is 1.93 bits per heavy atom. The topological polar surface area (TPSA) is 73.2 Å². The summed E-state index contributed by atoms with van der Waals surface area (Å²) in [5, 5.41) is 2.78. The Morgan fingerprint density at radius 1 is 1.19 bits per heavy atom. The molecule has 0 saturated carbocycles. The van der Waals surface area contributed by atoms with Gasteiger partial charge in [-0.3, -0.25) is 14.2 Å². The van der Waals surface area contributed by atoms with Gasteiger partial charge in [0.2, 0.25) is 5.91 Å². The van der Waals surface area contributed by atoms with Crippen LogP contribution in [-0.2, 0) is 11.3 Å². The maximum absolute atomic E-state index is 12.3. The van der Waals surface area contributed by atoms with E-state index in [0.29, 0.717) is 11.4 Å². The number of benzene rings is 2. The van der Waals surface area contributed by atoms with Crippen molar-refractivity contribution >= 4 is 27.5 Å². The van der Waals surface area contributed by atoms with Crippen LogP contribution in [0.15, 0.2) is 64.1 Å². The Balaban J connectivity index is 1.72. The molecule has 6 nitrogen and oxygen atoms in total. The zero-order chi connectivity index (χ0) is 19.4. The summed E-state index contributed by atoms with van der Waals surface area (Å²) in [4.78, 5) is 28.9. The first-order valence-corrected chi connectivity index (χ1v) is 9.02. The van der Waals surface area contributed by atoms with Crippen molar-refractivity contribution in [2.75, 3.05) is 12.4 Å². The number of nitrogens with zero attached hydrogens (tertiary/aromatic N) is 2. The summed E-state index contributed by atoms with van der Waals surface area (Å²) in [7, 11) is 1.59. The predicted octanol–water partition coefficient (Wildman–Crippen LogP) is 3.63. The van der Waals surface area contributed by atoms with Crippen molar-refractivity contribution in [1.29, 1.82) is 0 Å². The van der Waals surface area contributed by atoms with Gasteiger partial charge in [-0.2, -0.15) is 0 Å². The summed E-state index contributed by atoms with van der Waals surface area (Å²) >= 11 is 3.42. The molecule has 138 valence electrons. The van der Waals surface area contributed by atoms with Crippen molar-refractivity contribution in [1.82, 2.24) is 9.55 Å². The molecule has 0 aliphatic heterocycles. The number of ether oxygens (including phenoxy) is 1. The molecule has 27 heavy (non-hydrogen) atoms. The maximum Gasteiger partial charge on any atom is 0.254 e. The molecule has 1 N–H and O–H groups in total. The van der Waals surface area contributed by atoms with Gasteiger partial charge in [0.25, 0.3) is 5.56 Å². The van der Waals surface area contributed by atoms with Gasteiger partial charge >= 0.3 is 0 Å². The number of hydrogen-bond acceptors (Lipinski definition) is 4. The smallest absolute Gasteiger partial charge is 0.254 e. The van der Waals surface area contributed by atoms with Gasteiger partial charge in [-0.05, 0) is 55.0 Å². The normalized spacial score (nSPS) is 10.5. The van der Waals surface area contributed by atoms with Crippen molar-refractivity contribution in [3.05, 3.63) is 75.2 Å². The second-order valence-electron chi connectivity index (χ2n) is 5.98. The molecule has 1 aromatic heterocycles. The summed E-state index contributed by atoms with van der Waals surface area (Å²) in [5.41, 5.74) is 2.74. The molecular formula is C20H18BrN3O3. The first-order valence-electron chi connectivity index (χ1n) is 8.23. The zero-order valence-electron chi connectivity index (χ0n) is 14.9. The van der Waals surface area contributed by atoms with E-state index < -0.39 is 0 Å². The third-order valence-corrected chi connectivity index (χ3v) is 4.91. The molecule has 0 bridgehead atoms. The fourth-order valence-corrected chi connectivity index (χ4v) is 2.79. The predicted molar refractivity (Wildman–Crippen MR) is 108 cm³/mol. The van der Waals surface area contributed by atoms with Gasteiger partial charge in [0.1, 0.15) is 12.3 Å². The van der Waals surface area contributed by atoms with E-state index in [9.17, 15) is 9.59 Å². The minimum Gasteiger partial charge on any atom is -0.497 e. The standard InChI is InChI=1S/C20H18BrN3O3/c1-13-9-15(5-8-17(13)21)23-19(25)11-24-12-22-18(10-20(24)26)14-3-6-16(27-2)7-4-14/h3-10,12H,11H2,1-2H3,(H,23,25). The lowest BCUT2D eigenvalue weighted by Gasteiger charge is -2.09. The van der Waals surface area contributed by atoms with Crippen LogP contribution in [0.25, 0.3) is 11.3 Å². The average molecular weight is 428 g/mol. The monoisotopic (exact) mass is 427 g/mol. The molecule has 0 atom stereocenters. The summed E-state index contributed by atoms with van der Waals surface area (Å²) in [6, 6.07) is 14.2. The molecular weight excluding hydrogens is 410 g/mol. The minimum atomic E-state index is -0.294. The molecule has 2 aromatic carbocycles. The summed E-state index contributed by atoms with van der Waals surface area (Å²) in [5.74, 6) is 0.435. The lowest BCUT2D eigenvalue weighted by atomic mass is 10.1. The van der Waals surface area contributed by atoms with Crippen molar-refractivity contribution in [2.45, 2.75) is 13.5 Å². The molecule has 0 spiro atoms. The third kappa shape index (κ3) is 4.62. The Kier molecular flexibility index (Phi) is 5.71. The highest BCUT2D eigenvalue weighted by Crippen LogP contribution is 2.20. The fraction of sp³-hybridized carbons (Fsp3) is 0.150. The molecule has 3 aromatic rings. The van der Waals surface area contributed by atoms with Crippen LogP contribution >= 0.6 is 15.9 Å². The van der Waals surface area contributed by atoms with Gasteiger partial charge in [0.15, 0.2) is 0 Å². The summed E-state index contributed by atoms with van der Waals surface area (Å²) in [6.45, 7) is 1.83. The van der Waals surface area contributed by atoms with Gasteiger partial charge in [-0.15, -0.1) is 0 Å². The Bertz CT molecular complexity index is 1030. The number of halogens is 1. The van der Waals surface area contributed by atoms with Crippen LogP contribution in [0.5, 0.6) is 5.75 Å². The summed E-state index contributed by atoms with van der Waals surface area (Å²) in [6.07, 6.45) is 1.38. The third-order valence-electron chi connectivity index (χ3n) is 4.02. The molecule has 7 heteroatoms. The molecule has 0 radical (unpaired) electrons. The molecule has 1 amide bonds. The van der Waals surface area contributed by atoms with Crippen LogP contribution in [0.2, 0.25) is 0 Å². The fourth-order valence-electron chi connectivity index (χ4n) is 2.54. The van der Waals surface area contributed by atoms with Crippen molar-refractivity contribution in [2.24, 2.45) is 0 Å². The number of aromatic nitrogens is 2. The molecule has 0 saturated heterocycles. The molecule has 1 heterocycles. The number of nitrogens with one attached hydrogen (secondary N) is 1. The van der Waals surface area contributed by atoms with E-state index in [4.69, 9.17) is 4.74 Å². The van der Waals surface area contributed by atoms with E-state index in [1.165, 1.54) is 17.0 Å². The quantitative estimate of drug-likeness (QED) is 0.674. The van der Waals surface area contributed by atoms with Crippen molar-refractivity contribution in [3.8, 4) is 17.0 Å². The highest BCUT2D eigenvalue weighted by molar-refractivity contribution is 9.10. The number of carbonyl (C=O) groups is 1. The van der Waals surface area contributed by atoms with Crippen LogP contribution in [0.3, 0.4) is 0 Å². The number of methoxy groups -OCH3 is 1. The Morgan fingerprint density at radius 3 is 2.56 bits per heavy atom. The summed E-state index contributed by atoms with van der Waals surface area (Å²) < 4.78 is 7.36. The highest BCUT2D eigenvalue weighted by Gasteiger charge is 2.08. The van der Waals surface area contributed by atoms with Gasteiger partial charge < -0.3 is 10.1 Å².